The zero-order valence-corrected chi connectivity index (χ0v) is 15.9. The van der Waals surface area contributed by atoms with Gasteiger partial charge >= 0.3 is 0 Å². The van der Waals surface area contributed by atoms with Crippen LogP contribution in [-0.4, -0.2) is 26.9 Å². The first-order valence-corrected chi connectivity index (χ1v) is 9.01. The lowest BCUT2D eigenvalue weighted by atomic mass is 10.2. The molecule has 0 N–H and O–H groups in total. The molecule has 0 spiro atoms. The number of benzene rings is 1. The van der Waals surface area contributed by atoms with Gasteiger partial charge in [-0.15, -0.1) is 0 Å². The van der Waals surface area contributed by atoms with E-state index >= 15 is 0 Å². The molecule has 3 rings (SSSR count). The van der Waals surface area contributed by atoms with E-state index in [0.717, 1.165) is 22.6 Å². The number of rotatable bonds is 6. The van der Waals surface area contributed by atoms with E-state index in [2.05, 4.69) is 11.1 Å². The number of pyridine rings is 1. The van der Waals surface area contributed by atoms with Gasteiger partial charge in [0.25, 0.3) is 5.91 Å². The van der Waals surface area contributed by atoms with Crippen LogP contribution in [0.3, 0.4) is 0 Å². The van der Waals surface area contributed by atoms with E-state index < -0.39 is 0 Å². The van der Waals surface area contributed by atoms with Crippen LogP contribution < -0.4 is 0 Å². The van der Waals surface area contributed by atoms with Gasteiger partial charge < -0.3 is 9.47 Å². The third-order valence-electron chi connectivity index (χ3n) is 4.62. The molecule has 6 heteroatoms. The van der Waals surface area contributed by atoms with Gasteiger partial charge in [-0.1, -0.05) is 6.07 Å². The molecule has 0 saturated carbocycles. The monoisotopic (exact) mass is 376 g/mol. The summed E-state index contributed by atoms with van der Waals surface area (Å²) in [5.74, 6) is -0.442. The van der Waals surface area contributed by atoms with Crippen LogP contribution in [0.1, 0.15) is 33.7 Å². The molecule has 0 aliphatic carbocycles. The van der Waals surface area contributed by atoms with Crippen molar-refractivity contribution in [3.63, 3.8) is 0 Å². The van der Waals surface area contributed by atoms with Gasteiger partial charge in [0.2, 0.25) is 0 Å². The van der Waals surface area contributed by atoms with Gasteiger partial charge in [0.15, 0.2) is 0 Å². The normalized spacial score (nSPS) is 10.5. The highest BCUT2D eigenvalue weighted by Gasteiger charge is 2.22. The fourth-order valence-electron chi connectivity index (χ4n) is 3.29. The molecule has 1 amide bonds. The zero-order valence-electron chi connectivity index (χ0n) is 15.9. The Morgan fingerprint density at radius 1 is 1.25 bits per heavy atom. The van der Waals surface area contributed by atoms with E-state index in [4.69, 9.17) is 5.26 Å². The first-order valence-electron chi connectivity index (χ1n) is 9.01. The Balaban J connectivity index is 1.93. The predicted octanol–water partition coefficient (Wildman–Crippen LogP) is 4.18. The van der Waals surface area contributed by atoms with Gasteiger partial charge in [0, 0.05) is 42.6 Å². The van der Waals surface area contributed by atoms with Gasteiger partial charge in [-0.3, -0.25) is 9.78 Å². The largest absolute Gasteiger partial charge is 0.333 e. The molecule has 1 aromatic carbocycles. The van der Waals surface area contributed by atoms with E-state index in [1.165, 1.54) is 12.1 Å². The summed E-state index contributed by atoms with van der Waals surface area (Å²) >= 11 is 0. The van der Waals surface area contributed by atoms with Crippen molar-refractivity contribution in [1.29, 1.82) is 5.26 Å². The SMILES string of the molecule is Cc1cc(C(=O)N(CCC#N)Cc2cccnc2)c(C)n1-c1ccc(F)cc1. The topological polar surface area (TPSA) is 61.9 Å². The second-order valence-corrected chi connectivity index (χ2v) is 6.59. The van der Waals surface area contributed by atoms with Crippen LogP contribution in [0.15, 0.2) is 54.9 Å². The summed E-state index contributed by atoms with van der Waals surface area (Å²) in [5.41, 5.74) is 3.94. The van der Waals surface area contributed by atoms with Gasteiger partial charge in [-0.25, -0.2) is 4.39 Å². The number of carbonyl (C=O) groups is 1. The van der Waals surface area contributed by atoms with E-state index in [0.29, 0.717) is 18.7 Å². The average molecular weight is 376 g/mol. The molecular weight excluding hydrogens is 355 g/mol. The molecular formula is C22H21FN4O. The molecule has 0 atom stereocenters. The fourth-order valence-corrected chi connectivity index (χ4v) is 3.29. The molecule has 0 unspecified atom stereocenters. The first kappa shape index (κ1) is 19.3. The summed E-state index contributed by atoms with van der Waals surface area (Å²) in [7, 11) is 0. The Hall–Kier alpha value is -3.46. The highest BCUT2D eigenvalue weighted by atomic mass is 19.1. The highest BCUT2D eigenvalue weighted by Crippen LogP contribution is 2.23. The maximum absolute atomic E-state index is 13.3. The number of hydrogen-bond acceptors (Lipinski definition) is 3. The van der Waals surface area contributed by atoms with Gasteiger partial charge in [-0.05, 0) is 55.8 Å². The van der Waals surface area contributed by atoms with Crippen LogP contribution in [-0.2, 0) is 6.54 Å². The van der Waals surface area contributed by atoms with Gasteiger partial charge in [0.1, 0.15) is 5.82 Å². The smallest absolute Gasteiger partial charge is 0.256 e. The standard InChI is InChI=1S/C22H21FN4O/c1-16-13-21(17(2)27(16)20-8-6-19(23)7-9-20)22(28)26(12-4-10-24)15-18-5-3-11-25-14-18/h3,5-9,11,13-14H,4,12,15H2,1-2H3. The molecule has 0 bridgehead atoms. The van der Waals surface area contributed by atoms with Crippen molar-refractivity contribution in [2.45, 2.75) is 26.8 Å². The molecule has 3 aromatic rings. The van der Waals surface area contributed by atoms with Gasteiger partial charge in [-0.2, -0.15) is 5.26 Å². The minimum atomic E-state index is -0.304. The second kappa shape index (κ2) is 8.49. The number of amides is 1. The van der Waals surface area contributed by atoms with Crippen molar-refractivity contribution in [2.75, 3.05) is 6.54 Å². The lowest BCUT2D eigenvalue weighted by molar-refractivity contribution is 0.0746. The van der Waals surface area contributed by atoms with E-state index in [9.17, 15) is 9.18 Å². The molecule has 2 heterocycles. The Morgan fingerprint density at radius 2 is 2.00 bits per heavy atom. The van der Waals surface area contributed by atoms with Crippen molar-refractivity contribution in [2.24, 2.45) is 0 Å². The molecule has 0 aliphatic rings. The average Bonchev–Trinajstić information content (AvgIpc) is 3.00. The van der Waals surface area contributed by atoms with Crippen LogP contribution in [0.5, 0.6) is 0 Å². The van der Waals surface area contributed by atoms with Crippen molar-refractivity contribution in [3.05, 3.63) is 83.2 Å². The third kappa shape index (κ3) is 4.09. The highest BCUT2D eigenvalue weighted by molar-refractivity contribution is 5.96. The number of nitriles is 1. The van der Waals surface area contributed by atoms with Crippen molar-refractivity contribution >= 4 is 5.91 Å². The maximum atomic E-state index is 13.3. The number of aromatic nitrogens is 2. The van der Waals surface area contributed by atoms with Crippen LogP contribution in [0, 0.1) is 31.0 Å². The Morgan fingerprint density at radius 3 is 2.64 bits per heavy atom. The molecule has 0 saturated heterocycles. The van der Waals surface area contributed by atoms with Crippen LogP contribution in [0.4, 0.5) is 4.39 Å². The summed E-state index contributed by atoms with van der Waals surface area (Å²) in [5, 5.41) is 8.97. The zero-order chi connectivity index (χ0) is 20.1. The van der Waals surface area contributed by atoms with E-state index in [1.54, 1.807) is 29.4 Å². The molecule has 142 valence electrons. The van der Waals surface area contributed by atoms with Crippen molar-refractivity contribution < 1.29 is 9.18 Å². The number of hydrogen-bond donors (Lipinski definition) is 0. The second-order valence-electron chi connectivity index (χ2n) is 6.59. The summed E-state index contributed by atoms with van der Waals surface area (Å²) in [6.07, 6.45) is 3.65. The predicted molar refractivity (Wildman–Crippen MR) is 104 cm³/mol. The number of carbonyl (C=O) groups excluding carboxylic acids is 1. The number of halogens is 1. The molecule has 28 heavy (non-hydrogen) atoms. The summed E-state index contributed by atoms with van der Waals surface area (Å²) in [6.45, 7) is 4.50. The third-order valence-corrected chi connectivity index (χ3v) is 4.62. The molecule has 0 aliphatic heterocycles. The lowest BCUT2D eigenvalue weighted by Gasteiger charge is -2.22. The summed E-state index contributed by atoms with van der Waals surface area (Å²) in [6, 6.07) is 13.8. The van der Waals surface area contributed by atoms with E-state index in [1.807, 2.05) is 36.6 Å². The fraction of sp³-hybridized carbons (Fsp3) is 0.227. The van der Waals surface area contributed by atoms with Crippen molar-refractivity contribution in [3.8, 4) is 11.8 Å². The minimum Gasteiger partial charge on any atom is -0.333 e. The Bertz CT molecular complexity index is 1000. The van der Waals surface area contributed by atoms with E-state index in [-0.39, 0.29) is 18.1 Å². The Labute approximate surface area is 163 Å². The van der Waals surface area contributed by atoms with Crippen LogP contribution >= 0.6 is 0 Å². The number of nitrogens with zero attached hydrogens (tertiary/aromatic N) is 4. The molecule has 2 aromatic heterocycles. The summed E-state index contributed by atoms with van der Waals surface area (Å²) < 4.78 is 15.2. The maximum Gasteiger partial charge on any atom is 0.256 e. The number of aryl methyl sites for hydroxylation is 1. The summed E-state index contributed by atoms with van der Waals surface area (Å²) in [4.78, 5) is 19.0. The molecule has 0 radical (unpaired) electrons. The first-order chi connectivity index (χ1) is 13.5. The molecule has 0 fully saturated rings. The van der Waals surface area contributed by atoms with Crippen LogP contribution in [0.2, 0.25) is 0 Å². The minimum absolute atomic E-state index is 0.138. The lowest BCUT2D eigenvalue weighted by Crippen LogP contribution is -2.31. The van der Waals surface area contributed by atoms with Gasteiger partial charge in [0.05, 0.1) is 18.1 Å². The Kier molecular flexibility index (Phi) is 5.85. The van der Waals surface area contributed by atoms with Crippen LogP contribution in [0.25, 0.3) is 5.69 Å². The molecule has 5 nitrogen and oxygen atoms in total. The van der Waals surface area contributed by atoms with Crippen molar-refractivity contribution in [1.82, 2.24) is 14.5 Å². The quantitative estimate of drug-likeness (QED) is 0.648.